The number of hydrogen-bond donors (Lipinski definition) is 2. The minimum atomic E-state index is -1.60. The summed E-state index contributed by atoms with van der Waals surface area (Å²) in [7, 11) is -1.60. The van der Waals surface area contributed by atoms with E-state index in [4.69, 9.17) is 0 Å². The third-order valence-electron chi connectivity index (χ3n) is 4.91. The third-order valence-corrected chi connectivity index (χ3v) is 6.08. The second-order valence-corrected chi connectivity index (χ2v) is 8.84. The van der Waals surface area contributed by atoms with Crippen LogP contribution < -0.4 is 10.6 Å². The Kier molecular flexibility index (Phi) is 8.10. The van der Waals surface area contributed by atoms with Crippen LogP contribution in [0.15, 0.2) is 54.6 Å². The smallest absolute Gasteiger partial charge is 0.237 e. The number of nitrogens with zero attached hydrogens (tertiary/aromatic N) is 1. The summed E-state index contributed by atoms with van der Waals surface area (Å²) in [5.74, 6) is -1.66. The van der Waals surface area contributed by atoms with E-state index in [-0.39, 0.29) is 23.5 Å². The molecule has 0 saturated carbocycles. The number of benzene rings is 2. The van der Waals surface area contributed by atoms with Crippen molar-refractivity contribution in [1.29, 1.82) is 0 Å². The van der Waals surface area contributed by atoms with Gasteiger partial charge in [0, 0.05) is 42.2 Å². The maximum atomic E-state index is 12.9. The molecular weight excluding hydrogens is 405 g/mol. The Morgan fingerprint density at radius 2 is 1.60 bits per heavy atom. The Morgan fingerprint density at radius 3 is 2.27 bits per heavy atom. The highest BCUT2D eigenvalue weighted by atomic mass is 32.2. The van der Waals surface area contributed by atoms with Gasteiger partial charge in [-0.05, 0) is 42.7 Å². The summed E-state index contributed by atoms with van der Waals surface area (Å²) in [6.45, 7) is 2.68. The quantitative estimate of drug-likeness (QED) is 0.672. The van der Waals surface area contributed by atoms with E-state index in [2.05, 4.69) is 27.7 Å². The van der Waals surface area contributed by atoms with Crippen molar-refractivity contribution < 1.29 is 18.2 Å². The van der Waals surface area contributed by atoms with E-state index in [0.717, 1.165) is 32.5 Å². The molecule has 0 aromatic heterocycles. The molecule has 1 saturated heterocycles. The van der Waals surface area contributed by atoms with Crippen molar-refractivity contribution in [2.24, 2.45) is 0 Å². The van der Waals surface area contributed by atoms with Gasteiger partial charge in [0.05, 0.1) is 0 Å². The summed E-state index contributed by atoms with van der Waals surface area (Å²) < 4.78 is 25.0. The zero-order valence-electron chi connectivity index (χ0n) is 16.7. The molecular formula is C22H26FN3O3S. The number of carbonyl (C=O) groups excluding carboxylic acids is 2. The van der Waals surface area contributed by atoms with Gasteiger partial charge in [-0.1, -0.05) is 30.3 Å². The summed E-state index contributed by atoms with van der Waals surface area (Å²) in [4.78, 5) is 26.5. The fourth-order valence-corrected chi connectivity index (χ4v) is 4.26. The summed E-state index contributed by atoms with van der Waals surface area (Å²) in [6.07, 6.45) is 1.69. The molecule has 160 valence electrons. The molecule has 30 heavy (non-hydrogen) atoms. The number of likely N-dealkylation sites (tertiary alicyclic amines) is 1. The molecule has 0 aliphatic carbocycles. The van der Waals surface area contributed by atoms with Crippen molar-refractivity contribution in [3.05, 3.63) is 66.0 Å². The Balaban J connectivity index is 1.34. The molecule has 0 spiro atoms. The van der Waals surface area contributed by atoms with Gasteiger partial charge >= 0.3 is 0 Å². The van der Waals surface area contributed by atoms with E-state index in [0.29, 0.717) is 5.69 Å². The molecule has 1 unspecified atom stereocenters. The first kappa shape index (κ1) is 22.1. The molecule has 2 aromatic rings. The van der Waals surface area contributed by atoms with Gasteiger partial charge < -0.3 is 10.6 Å². The van der Waals surface area contributed by atoms with Crippen LogP contribution in [-0.4, -0.2) is 51.6 Å². The van der Waals surface area contributed by atoms with E-state index in [1.54, 1.807) is 0 Å². The van der Waals surface area contributed by atoms with Gasteiger partial charge in [0.2, 0.25) is 11.8 Å². The van der Waals surface area contributed by atoms with Crippen molar-refractivity contribution in [3.63, 3.8) is 0 Å². The number of halogens is 1. The van der Waals surface area contributed by atoms with Gasteiger partial charge in [-0.15, -0.1) is 0 Å². The molecule has 1 atom stereocenters. The van der Waals surface area contributed by atoms with Gasteiger partial charge in [0.15, 0.2) is 0 Å². The van der Waals surface area contributed by atoms with Gasteiger partial charge in [-0.3, -0.25) is 18.7 Å². The first-order valence-electron chi connectivity index (χ1n) is 9.94. The predicted octanol–water partition coefficient (Wildman–Crippen LogP) is 2.29. The molecule has 2 amide bonds. The average Bonchev–Trinajstić information content (AvgIpc) is 2.71. The topological polar surface area (TPSA) is 78.5 Å². The van der Waals surface area contributed by atoms with Crippen LogP contribution in [0.4, 0.5) is 10.1 Å². The number of carbonyl (C=O) groups is 2. The third kappa shape index (κ3) is 7.35. The lowest BCUT2D eigenvalue weighted by Crippen LogP contribution is -2.45. The highest BCUT2D eigenvalue weighted by Gasteiger charge is 2.22. The van der Waals surface area contributed by atoms with Gasteiger partial charge in [-0.2, -0.15) is 0 Å². The molecule has 2 N–H and O–H groups in total. The predicted molar refractivity (Wildman–Crippen MR) is 116 cm³/mol. The van der Waals surface area contributed by atoms with Crippen molar-refractivity contribution in [1.82, 2.24) is 10.2 Å². The number of piperidine rings is 1. The number of anilines is 1. The van der Waals surface area contributed by atoms with Gasteiger partial charge in [0.1, 0.15) is 17.3 Å². The molecule has 1 aliphatic heterocycles. The fraction of sp³-hybridized carbons (Fsp3) is 0.364. The number of rotatable bonds is 8. The number of amides is 2. The first-order valence-corrected chi connectivity index (χ1v) is 11.4. The molecule has 1 aliphatic rings. The maximum Gasteiger partial charge on any atom is 0.237 e. The average molecular weight is 432 g/mol. The SMILES string of the molecule is O=C(CS(=O)CC(=O)NC1CCN(Cc2ccccc2)CC1)Nc1ccc(F)cc1. The van der Waals surface area contributed by atoms with Crippen molar-refractivity contribution in [3.8, 4) is 0 Å². The van der Waals surface area contributed by atoms with Crippen LogP contribution in [0.3, 0.4) is 0 Å². The highest BCUT2D eigenvalue weighted by molar-refractivity contribution is 7.86. The minimum absolute atomic E-state index is 0.0644. The Labute approximate surface area is 178 Å². The van der Waals surface area contributed by atoms with E-state index in [1.807, 2.05) is 18.2 Å². The Hall–Kier alpha value is -2.58. The van der Waals surface area contributed by atoms with Crippen molar-refractivity contribution >= 4 is 28.3 Å². The van der Waals surface area contributed by atoms with Crippen LogP contribution in [0.25, 0.3) is 0 Å². The van der Waals surface area contributed by atoms with Crippen LogP contribution in [0.2, 0.25) is 0 Å². The zero-order valence-corrected chi connectivity index (χ0v) is 17.5. The molecule has 2 aromatic carbocycles. The zero-order chi connectivity index (χ0) is 21.3. The van der Waals surface area contributed by atoms with Gasteiger partial charge in [-0.25, -0.2) is 4.39 Å². The lowest BCUT2D eigenvalue weighted by atomic mass is 10.0. The van der Waals surface area contributed by atoms with Gasteiger partial charge in [0.25, 0.3) is 0 Å². The summed E-state index contributed by atoms with van der Waals surface area (Å²) >= 11 is 0. The molecule has 8 heteroatoms. The summed E-state index contributed by atoms with van der Waals surface area (Å²) in [6, 6.07) is 15.6. The second kappa shape index (κ2) is 11.0. The molecule has 6 nitrogen and oxygen atoms in total. The molecule has 3 rings (SSSR count). The van der Waals surface area contributed by atoms with Crippen LogP contribution >= 0.6 is 0 Å². The molecule has 1 fully saturated rings. The lowest BCUT2D eigenvalue weighted by Gasteiger charge is -2.32. The standard InChI is InChI=1S/C22H26FN3O3S/c23-18-6-8-19(9-7-18)24-21(27)15-30(29)16-22(28)25-20-10-12-26(13-11-20)14-17-4-2-1-3-5-17/h1-9,20H,10-16H2,(H,24,27)(H,25,28). The van der Waals surface area contributed by atoms with Crippen LogP contribution in [0.1, 0.15) is 18.4 Å². The summed E-state index contributed by atoms with van der Waals surface area (Å²) in [5, 5.41) is 5.47. The normalized spacial score (nSPS) is 16.0. The largest absolute Gasteiger partial charge is 0.352 e. The Morgan fingerprint density at radius 1 is 0.967 bits per heavy atom. The van der Waals surface area contributed by atoms with Crippen molar-refractivity contribution in [2.75, 3.05) is 29.9 Å². The van der Waals surface area contributed by atoms with E-state index in [1.165, 1.54) is 29.8 Å². The molecule has 0 radical (unpaired) electrons. The number of nitrogens with one attached hydrogen (secondary N) is 2. The molecule has 1 heterocycles. The highest BCUT2D eigenvalue weighted by Crippen LogP contribution is 2.14. The minimum Gasteiger partial charge on any atom is -0.352 e. The lowest BCUT2D eigenvalue weighted by molar-refractivity contribution is -0.119. The van der Waals surface area contributed by atoms with Crippen LogP contribution in [-0.2, 0) is 26.9 Å². The first-order chi connectivity index (χ1) is 14.5. The Bertz CT molecular complexity index is 869. The molecule has 0 bridgehead atoms. The fourth-order valence-electron chi connectivity index (χ4n) is 3.42. The van der Waals surface area contributed by atoms with Crippen LogP contribution in [0, 0.1) is 5.82 Å². The van der Waals surface area contributed by atoms with E-state index < -0.39 is 22.5 Å². The van der Waals surface area contributed by atoms with Crippen LogP contribution in [0.5, 0.6) is 0 Å². The number of hydrogen-bond acceptors (Lipinski definition) is 4. The van der Waals surface area contributed by atoms with E-state index >= 15 is 0 Å². The maximum absolute atomic E-state index is 12.9. The second-order valence-electron chi connectivity index (χ2n) is 7.39. The summed E-state index contributed by atoms with van der Waals surface area (Å²) in [5.41, 5.74) is 1.69. The van der Waals surface area contributed by atoms with E-state index in [9.17, 15) is 18.2 Å². The van der Waals surface area contributed by atoms with Crippen molar-refractivity contribution in [2.45, 2.75) is 25.4 Å². The monoisotopic (exact) mass is 431 g/mol.